The van der Waals surface area contributed by atoms with Crippen molar-refractivity contribution < 1.29 is 4.74 Å². The molecule has 1 unspecified atom stereocenters. The Morgan fingerprint density at radius 2 is 1.89 bits per heavy atom. The number of para-hydroxylation sites is 1. The van der Waals surface area contributed by atoms with Gasteiger partial charge in [0, 0.05) is 18.2 Å². The average molecular weight is 261 g/mol. The van der Waals surface area contributed by atoms with Crippen molar-refractivity contribution in [1.82, 2.24) is 5.32 Å². The van der Waals surface area contributed by atoms with E-state index in [9.17, 15) is 0 Å². The van der Waals surface area contributed by atoms with E-state index in [2.05, 4.69) is 38.2 Å². The molecular weight excluding hydrogens is 234 g/mol. The molecule has 0 heterocycles. The maximum Gasteiger partial charge on any atom is 0.126 e. The third-order valence-corrected chi connectivity index (χ3v) is 3.27. The molecule has 1 N–H and O–H groups in total. The zero-order valence-corrected chi connectivity index (χ0v) is 12.6. The molecule has 0 saturated heterocycles. The number of allylic oxidation sites excluding steroid dienone is 1. The van der Waals surface area contributed by atoms with Crippen LogP contribution in [-0.2, 0) is 0 Å². The van der Waals surface area contributed by atoms with Gasteiger partial charge in [0.25, 0.3) is 0 Å². The number of ether oxygens (including phenoxy) is 1. The third kappa shape index (κ3) is 5.48. The summed E-state index contributed by atoms with van der Waals surface area (Å²) in [6, 6.07) is 8.76. The Morgan fingerprint density at radius 3 is 2.53 bits per heavy atom. The second kappa shape index (κ2) is 8.76. The molecule has 2 nitrogen and oxygen atoms in total. The van der Waals surface area contributed by atoms with E-state index in [1.54, 1.807) is 0 Å². The van der Waals surface area contributed by atoms with Crippen LogP contribution in [0.15, 0.2) is 30.3 Å². The summed E-state index contributed by atoms with van der Waals surface area (Å²) in [5, 5.41) is 3.55. The summed E-state index contributed by atoms with van der Waals surface area (Å²) in [4.78, 5) is 0. The molecule has 106 valence electrons. The van der Waals surface area contributed by atoms with E-state index in [0.29, 0.717) is 6.04 Å². The lowest BCUT2D eigenvalue weighted by atomic mass is 10.1. The van der Waals surface area contributed by atoms with Crippen molar-refractivity contribution in [2.45, 2.75) is 52.7 Å². The second-order valence-electron chi connectivity index (χ2n) is 4.89. The highest BCUT2D eigenvalue weighted by Crippen LogP contribution is 2.20. The zero-order chi connectivity index (χ0) is 14.1. The Hall–Kier alpha value is -1.28. The lowest BCUT2D eigenvalue weighted by Crippen LogP contribution is -2.36. The molecule has 1 aromatic carbocycles. The van der Waals surface area contributed by atoms with Crippen LogP contribution in [0.2, 0.25) is 0 Å². The van der Waals surface area contributed by atoms with Gasteiger partial charge in [-0.3, -0.25) is 0 Å². The van der Waals surface area contributed by atoms with Crippen LogP contribution in [0.25, 0.3) is 6.08 Å². The number of rotatable bonds is 8. The van der Waals surface area contributed by atoms with E-state index in [0.717, 1.165) is 17.9 Å². The summed E-state index contributed by atoms with van der Waals surface area (Å²) < 4.78 is 6.02. The summed E-state index contributed by atoms with van der Waals surface area (Å²) in [5.41, 5.74) is 1.14. The molecular formula is C17H27NO. The monoisotopic (exact) mass is 261 g/mol. The van der Waals surface area contributed by atoms with E-state index in [1.807, 2.05) is 31.2 Å². The average Bonchev–Trinajstić information content (AvgIpc) is 2.42. The minimum Gasteiger partial charge on any atom is -0.489 e. The molecule has 0 radical (unpaired) electrons. The normalized spacial score (nSPS) is 13.1. The van der Waals surface area contributed by atoms with Crippen molar-refractivity contribution in [2.75, 3.05) is 6.54 Å². The predicted molar refractivity (Wildman–Crippen MR) is 83.6 cm³/mol. The summed E-state index contributed by atoms with van der Waals surface area (Å²) >= 11 is 0. The minimum absolute atomic E-state index is 0.173. The standard InChI is InChI=1S/C17H27NO/c1-5-10-15-11-8-9-12-17(15)19-14(4)13-18-16(6-2)7-3/h5,8-12,14,16,18H,6-7,13H2,1-4H3. The van der Waals surface area contributed by atoms with Crippen molar-refractivity contribution in [2.24, 2.45) is 0 Å². The molecule has 0 aromatic heterocycles. The van der Waals surface area contributed by atoms with Gasteiger partial charge in [-0.1, -0.05) is 44.2 Å². The van der Waals surface area contributed by atoms with E-state index in [-0.39, 0.29) is 6.10 Å². The summed E-state index contributed by atoms with van der Waals surface area (Å²) in [7, 11) is 0. The quantitative estimate of drug-likeness (QED) is 0.754. The van der Waals surface area contributed by atoms with Crippen molar-refractivity contribution in [1.29, 1.82) is 0 Å². The molecule has 0 spiro atoms. The smallest absolute Gasteiger partial charge is 0.126 e. The summed E-state index contributed by atoms with van der Waals surface area (Å²) in [6.45, 7) is 9.45. The highest BCUT2D eigenvalue weighted by Gasteiger charge is 2.09. The van der Waals surface area contributed by atoms with Crippen molar-refractivity contribution in [3.63, 3.8) is 0 Å². The SMILES string of the molecule is CC=Cc1ccccc1OC(C)CNC(CC)CC. The Bertz CT molecular complexity index is 383. The Balaban J connectivity index is 2.54. The first-order valence-electron chi connectivity index (χ1n) is 7.33. The van der Waals surface area contributed by atoms with E-state index in [1.165, 1.54) is 12.8 Å². The molecule has 0 fully saturated rings. The van der Waals surface area contributed by atoms with Gasteiger partial charge in [-0.15, -0.1) is 0 Å². The van der Waals surface area contributed by atoms with Crippen LogP contribution in [0, 0.1) is 0 Å². The molecule has 0 saturated carbocycles. The Kier molecular flexibility index (Phi) is 7.27. The fourth-order valence-corrected chi connectivity index (χ4v) is 2.07. The molecule has 1 atom stereocenters. The van der Waals surface area contributed by atoms with Gasteiger partial charge < -0.3 is 10.1 Å². The van der Waals surface area contributed by atoms with E-state index < -0.39 is 0 Å². The molecule has 1 rings (SSSR count). The van der Waals surface area contributed by atoms with Crippen molar-refractivity contribution in [3.05, 3.63) is 35.9 Å². The molecule has 0 aliphatic carbocycles. The molecule has 0 bridgehead atoms. The van der Waals surface area contributed by atoms with Gasteiger partial charge in [0.1, 0.15) is 11.9 Å². The predicted octanol–water partition coefficient (Wildman–Crippen LogP) is 4.27. The van der Waals surface area contributed by atoms with Crippen LogP contribution in [0.1, 0.15) is 46.1 Å². The highest BCUT2D eigenvalue weighted by atomic mass is 16.5. The maximum absolute atomic E-state index is 6.02. The van der Waals surface area contributed by atoms with Gasteiger partial charge >= 0.3 is 0 Å². The van der Waals surface area contributed by atoms with Gasteiger partial charge in [0.05, 0.1) is 0 Å². The van der Waals surface area contributed by atoms with Gasteiger partial charge in [-0.2, -0.15) is 0 Å². The maximum atomic E-state index is 6.02. The fraction of sp³-hybridized carbons (Fsp3) is 0.529. The molecule has 19 heavy (non-hydrogen) atoms. The fourth-order valence-electron chi connectivity index (χ4n) is 2.07. The topological polar surface area (TPSA) is 21.3 Å². The summed E-state index contributed by atoms with van der Waals surface area (Å²) in [6.07, 6.45) is 6.62. The molecule has 0 aliphatic heterocycles. The van der Waals surface area contributed by atoms with Gasteiger partial charge in [-0.25, -0.2) is 0 Å². The summed E-state index contributed by atoms with van der Waals surface area (Å²) in [5.74, 6) is 0.958. The number of benzene rings is 1. The Labute approximate surface area is 117 Å². The first-order chi connectivity index (χ1) is 9.21. The first kappa shape index (κ1) is 15.8. The van der Waals surface area contributed by atoms with Crippen LogP contribution >= 0.6 is 0 Å². The lowest BCUT2D eigenvalue weighted by molar-refractivity contribution is 0.209. The second-order valence-corrected chi connectivity index (χ2v) is 4.89. The van der Waals surface area contributed by atoms with Gasteiger partial charge in [-0.05, 0) is 32.8 Å². The van der Waals surface area contributed by atoms with Gasteiger partial charge in [0.2, 0.25) is 0 Å². The molecule has 0 amide bonds. The lowest BCUT2D eigenvalue weighted by Gasteiger charge is -2.20. The number of hydrogen-bond acceptors (Lipinski definition) is 2. The third-order valence-electron chi connectivity index (χ3n) is 3.27. The van der Waals surface area contributed by atoms with Crippen molar-refractivity contribution in [3.8, 4) is 5.75 Å². The van der Waals surface area contributed by atoms with Crippen LogP contribution in [0.4, 0.5) is 0 Å². The minimum atomic E-state index is 0.173. The van der Waals surface area contributed by atoms with Gasteiger partial charge in [0.15, 0.2) is 0 Å². The number of hydrogen-bond donors (Lipinski definition) is 1. The highest BCUT2D eigenvalue weighted by molar-refractivity contribution is 5.56. The largest absolute Gasteiger partial charge is 0.489 e. The van der Waals surface area contributed by atoms with Crippen molar-refractivity contribution >= 4 is 6.08 Å². The van der Waals surface area contributed by atoms with Crippen LogP contribution in [0.3, 0.4) is 0 Å². The van der Waals surface area contributed by atoms with Crippen LogP contribution in [-0.4, -0.2) is 18.7 Å². The van der Waals surface area contributed by atoms with Crippen LogP contribution < -0.4 is 10.1 Å². The van der Waals surface area contributed by atoms with E-state index in [4.69, 9.17) is 4.74 Å². The van der Waals surface area contributed by atoms with E-state index >= 15 is 0 Å². The number of nitrogens with one attached hydrogen (secondary N) is 1. The Morgan fingerprint density at radius 1 is 1.21 bits per heavy atom. The molecule has 2 heteroatoms. The molecule has 0 aliphatic rings. The van der Waals surface area contributed by atoms with Crippen LogP contribution in [0.5, 0.6) is 5.75 Å². The molecule has 1 aromatic rings. The first-order valence-corrected chi connectivity index (χ1v) is 7.33. The zero-order valence-electron chi connectivity index (χ0n) is 12.6.